The molecule has 0 aliphatic heterocycles. The van der Waals surface area contributed by atoms with E-state index in [1.165, 1.54) is 0 Å². The van der Waals surface area contributed by atoms with Gasteiger partial charge in [-0.05, 0) is 19.9 Å². The molecular weight excluding hydrogens is 230 g/mol. The summed E-state index contributed by atoms with van der Waals surface area (Å²) >= 11 is 0. The molecule has 3 nitrogen and oxygen atoms in total. The summed E-state index contributed by atoms with van der Waals surface area (Å²) in [6.45, 7) is 9.97. The summed E-state index contributed by atoms with van der Waals surface area (Å²) in [7, 11) is -1.45. The summed E-state index contributed by atoms with van der Waals surface area (Å²) in [5.74, 6) is 3.08. The van der Waals surface area contributed by atoms with Crippen molar-refractivity contribution in [1.82, 2.24) is 0 Å². The fraction of sp³-hybridized carbons (Fsp3) is 0.385. The minimum atomic E-state index is -1.45. The van der Waals surface area contributed by atoms with Gasteiger partial charge in [0.15, 0.2) is 0 Å². The molecule has 0 aromatic heterocycles. The Labute approximate surface area is 103 Å². The largest absolute Gasteiger partial charge is 0.276 e. The summed E-state index contributed by atoms with van der Waals surface area (Å²) in [6.07, 6.45) is 0. The van der Waals surface area contributed by atoms with Crippen LogP contribution in [0.25, 0.3) is 0 Å². The molecule has 1 rings (SSSR count). The molecule has 1 aromatic carbocycles. The van der Waals surface area contributed by atoms with Crippen molar-refractivity contribution in [2.24, 2.45) is 0 Å². The van der Waals surface area contributed by atoms with Gasteiger partial charge in [0.1, 0.15) is 8.07 Å². The van der Waals surface area contributed by atoms with Crippen LogP contribution in [0.3, 0.4) is 0 Å². The summed E-state index contributed by atoms with van der Waals surface area (Å²) in [5, 5.41) is 11.0. The van der Waals surface area contributed by atoms with Crippen LogP contribution in [0.1, 0.15) is 16.7 Å². The fourth-order valence-corrected chi connectivity index (χ4v) is 2.02. The van der Waals surface area contributed by atoms with E-state index < -0.39 is 8.07 Å². The Hall–Kier alpha value is -1.60. The Morgan fingerprint density at radius 3 is 2.29 bits per heavy atom. The molecule has 0 saturated heterocycles. The average molecular weight is 247 g/mol. The average Bonchev–Trinajstić information content (AvgIpc) is 2.14. The Morgan fingerprint density at radius 2 is 1.82 bits per heavy atom. The van der Waals surface area contributed by atoms with Gasteiger partial charge in [-0.1, -0.05) is 31.6 Å². The smallest absolute Gasteiger partial charge is 0.258 e. The molecule has 90 valence electrons. The number of nitrogens with zero attached hydrogens (tertiary/aromatic N) is 1. The number of nitro benzene ring substituents is 1. The zero-order valence-electron chi connectivity index (χ0n) is 10.9. The van der Waals surface area contributed by atoms with Crippen LogP contribution in [-0.4, -0.2) is 13.0 Å². The van der Waals surface area contributed by atoms with Gasteiger partial charge in [0.25, 0.3) is 5.69 Å². The molecule has 0 bridgehead atoms. The van der Waals surface area contributed by atoms with Gasteiger partial charge >= 0.3 is 0 Å². The first-order valence-corrected chi connectivity index (χ1v) is 9.00. The van der Waals surface area contributed by atoms with Crippen molar-refractivity contribution in [3.05, 3.63) is 38.9 Å². The third-order valence-corrected chi connectivity index (χ3v) is 3.26. The third-order valence-electron chi connectivity index (χ3n) is 2.39. The molecular formula is C13H17NO2Si. The topological polar surface area (TPSA) is 43.1 Å². The van der Waals surface area contributed by atoms with Crippen LogP contribution in [-0.2, 0) is 0 Å². The highest BCUT2D eigenvalue weighted by molar-refractivity contribution is 6.83. The minimum Gasteiger partial charge on any atom is -0.258 e. The lowest BCUT2D eigenvalue weighted by atomic mass is 10.0. The second kappa shape index (κ2) is 4.72. The van der Waals surface area contributed by atoms with Gasteiger partial charge < -0.3 is 0 Å². The molecule has 0 fully saturated rings. The Balaban J connectivity index is 3.33. The first kappa shape index (κ1) is 13.5. The quantitative estimate of drug-likeness (QED) is 0.330. The monoisotopic (exact) mass is 247 g/mol. The molecule has 17 heavy (non-hydrogen) atoms. The maximum Gasteiger partial charge on any atom is 0.276 e. The van der Waals surface area contributed by atoms with Crippen molar-refractivity contribution >= 4 is 13.8 Å². The molecule has 0 spiro atoms. The van der Waals surface area contributed by atoms with Crippen molar-refractivity contribution in [2.45, 2.75) is 33.5 Å². The number of nitro groups is 1. The van der Waals surface area contributed by atoms with Crippen molar-refractivity contribution in [3.63, 3.8) is 0 Å². The van der Waals surface area contributed by atoms with E-state index in [0.29, 0.717) is 11.1 Å². The Morgan fingerprint density at radius 1 is 1.24 bits per heavy atom. The summed E-state index contributed by atoms with van der Waals surface area (Å²) in [4.78, 5) is 10.6. The van der Waals surface area contributed by atoms with Crippen LogP contribution in [0.5, 0.6) is 0 Å². The first-order chi connectivity index (χ1) is 7.72. The van der Waals surface area contributed by atoms with Gasteiger partial charge in [-0.2, -0.15) is 0 Å². The van der Waals surface area contributed by atoms with Crippen LogP contribution < -0.4 is 0 Å². The maximum absolute atomic E-state index is 11.0. The lowest BCUT2D eigenvalue weighted by molar-refractivity contribution is -0.386. The predicted molar refractivity (Wildman–Crippen MR) is 72.8 cm³/mol. The van der Waals surface area contributed by atoms with Crippen LogP contribution in [0.15, 0.2) is 12.1 Å². The molecule has 0 radical (unpaired) electrons. The molecule has 0 aliphatic carbocycles. The van der Waals surface area contributed by atoms with E-state index in [0.717, 1.165) is 5.56 Å². The summed E-state index contributed by atoms with van der Waals surface area (Å²) in [5.41, 5.74) is 5.54. The highest BCUT2D eigenvalue weighted by Crippen LogP contribution is 2.25. The van der Waals surface area contributed by atoms with E-state index in [1.54, 1.807) is 19.9 Å². The van der Waals surface area contributed by atoms with Gasteiger partial charge in [-0.3, -0.25) is 10.1 Å². The molecule has 1 aromatic rings. The van der Waals surface area contributed by atoms with Gasteiger partial charge in [0.05, 0.1) is 4.92 Å². The first-order valence-electron chi connectivity index (χ1n) is 5.50. The van der Waals surface area contributed by atoms with Crippen molar-refractivity contribution in [1.29, 1.82) is 0 Å². The minimum absolute atomic E-state index is 0.187. The van der Waals surface area contributed by atoms with E-state index >= 15 is 0 Å². The Bertz CT molecular complexity index is 519. The van der Waals surface area contributed by atoms with Gasteiger partial charge in [-0.15, -0.1) is 5.54 Å². The normalized spacial score (nSPS) is 10.6. The SMILES string of the molecule is Cc1ccc(C#C[Si](C)(C)C)c(C)c1[N+](=O)[O-]. The molecule has 0 aliphatic rings. The maximum atomic E-state index is 11.0. The number of hydrogen-bond acceptors (Lipinski definition) is 2. The highest BCUT2D eigenvalue weighted by atomic mass is 28.3. The van der Waals surface area contributed by atoms with Crippen molar-refractivity contribution in [3.8, 4) is 11.5 Å². The second-order valence-electron chi connectivity index (χ2n) is 5.16. The number of aryl methyl sites for hydroxylation is 1. The number of hydrogen-bond donors (Lipinski definition) is 0. The van der Waals surface area contributed by atoms with E-state index in [4.69, 9.17) is 0 Å². The fourth-order valence-electron chi connectivity index (χ4n) is 1.51. The van der Waals surface area contributed by atoms with Gasteiger partial charge in [-0.25, -0.2) is 0 Å². The molecule has 0 unspecified atom stereocenters. The second-order valence-corrected chi connectivity index (χ2v) is 9.91. The van der Waals surface area contributed by atoms with E-state index in [2.05, 4.69) is 31.1 Å². The van der Waals surface area contributed by atoms with Gasteiger partial charge in [0.2, 0.25) is 0 Å². The summed E-state index contributed by atoms with van der Waals surface area (Å²) < 4.78 is 0. The van der Waals surface area contributed by atoms with E-state index in [1.807, 2.05) is 6.07 Å². The number of rotatable bonds is 1. The Kier molecular flexibility index (Phi) is 3.74. The number of benzene rings is 1. The molecule has 4 heteroatoms. The van der Waals surface area contributed by atoms with Crippen LogP contribution in [0, 0.1) is 35.4 Å². The van der Waals surface area contributed by atoms with Crippen LogP contribution in [0.2, 0.25) is 19.6 Å². The molecule has 0 atom stereocenters. The standard InChI is InChI=1S/C13H17NO2Si/c1-10-6-7-12(8-9-17(3,4)5)11(2)13(10)14(15)16/h6-7H,1-5H3. The lowest BCUT2D eigenvalue weighted by Gasteiger charge is -2.06. The lowest BCUT2D eigenvalue weighted by Crippen LogP contribution is -2.16. The zero-order chi connectivity index (χ0) is 13.2. The van der Waals surface area contributed by atoms with Crippen molar-refractivity contribution in [2.75, 3.05) is 0 Å². The van der Waals surface area contributed by atoms with Crippen LogP contribution in [0.4, 0.5) is 5.69 Å². The third kappa shape index (κ3) is 3.43. The summed E-state index contributed by atoms with van der Waals surface area (Å²) in [6, 6.07) is 3.63. The molecule has 0 N–H and O–H groups in total. The van der Waals surface area contributed by atoms with Gasteiger partial charge in [0, 0.05) is 16.7 Å². The molecule has 0 amide bonds. The molecule has 0 heterocycles. The molecule has 0 saturated carbocycles. The zero-order valence-corrected chi connectivity index (χ0v) is 11.9. The highest BCUT2D eigenvalue weighted by Gasteiger charge is 2.16. The van der Waals surface area contributed by atoms with E-state index in [9.17, 15) is 10.1 Å². The van der Waals surface area contributed by atoms with Crippen LogP contribution >= 0.6 is 0 Å². The van der Waals surface area contributed by atoms with E-state index in [-0.39, 0.29) is 10.6 Å². The van der Waals surface area contributed by atoms with Crippen molar-refractivity contribution < 1.29 is 4.92 Å². The predicted octanol–water partition coefficient (Wildman–Crippen LogP) is 3.44.